The van der Waals surface area contributed by atoms with E-state index < -0.39 is 17.7 Å². The molecule has 3 aromatic rings. The third-order valence-electron chi connectivity index (χ3n) is 6.25. The van der Waals surface area contributed by atoms with Crippen molar-refractivity contribution in [1.82, 2.24) is 5.32 Å². The van der Waals surface area contributed by atoms with Gasteiger partial charge < -0.3 is 20.1 Å². The maximum atomic E-state index is 13.9. The first-order chi connectivity index (χ1) is 16.8. The van der Waals surface area contributed by atoms with E-state index in [0.717, 1.165) is 5.56 Å². The lowest BCUT2D eigenvalue weighted by Crippen LogP contribution is -2.72. The van der Waals surface area contributed by atoms with Crippen molar-refractivity contribution in [1.29, 1.82) is 0 Å². The van der Waals surface area contributed by atoms with Gasteiger partial charge in [0.05, 0.1) is 12.6 Å². The lowest BCUT2D eigenvalue weighted by Gasteiger charge is -2.56. The average Bonchev–Trinajstić information content (AvgIpc) is 2.81. The van der Waals surface area contributed by atoms with E-state index in [-0.39, 0.29) is 5.91 Å². The Balaban J connectivity index is 1.64. The number of benzene rings is 3. The monoisotopic (exact) mass is 527 g/mol. The number of hydrogen-bond donors (Lipinski definition) is 2. The fourth-order valence-electron chi connectivity index (χ4n) is 4.80. The second-order valence-corrected chi connectivity index (χ2v) is 9.74. The van der Waals surface area contributed by atoms with Gasteiger partial charge in [-0.1, -0.05) is 41.4 Å². The van der Waals surface area contributed by atoms with Gasteiger partial charge in [-0.3, -0.25) is 9.69 Å². The topological polar surface area (TPSA) is 62.8 Å². The van der Waals surface area contributed by atoms with Gasteiger partial charge in [0.25, 0.3) is 0 Å². The average molecular weight is 528 g/mol. The van der Waals surface area contributed by atoms with Gasteiger partial charge in [0.1, 0.15) is 5.92 Å². The first-order valence-electron chi connectivity index (χ1n) is 11.2. The third-order valence-corrected chi connectivity index (χ3v) is 7.04. The Bertz CT molecular complexity index is 1300. The van der Waals surface area contributed by atoms with Crippen molar-refractivity contribution in [2.24, 2.45) is 5.92 Å². The van der Waals surface area contributed by atoms with Crippen LogP contribution in [0.25, 0.3) is 0 Å². The first-order valence-corrected chi connectivity index (χ1v) is 12.4. The molecule has 3 atom stereocenters. The molecule has 2 aliphatic rings. The summed E-state index contributed by atoms with van der Waals surface area (Å²) >= 11 is 18.1. The molecule has 0 saturated carbocycles. The predicted molar refractivity (Wildman–Crippen MR) is 143 cm³/mol. The number of carbonyl (C=O) groups excluding carboxylic acids is 1. The number of nitrogens with one attached hydrogen (secondary N) is 2. The van der Waals surface area contributed by atoms with Crippen molar-refractivity contribution >= 4 is 57.8 Å². The zero-order valence-corrected chi connectivity index (χ0v) is 21.4. The van der Waals surface area contributed by atoms with E-state index in [0.29, 0.717) is 44.6 Å². The Kier molecular flexibility index (Phi) is 6.25. The van der Waals surface area contributed by atoms with Crippen LogP contribution in [0.15, 0.2) is 66.7 Å². The molecule has 35 heavy (non-hydrogen) atoms. The molecule has 2 aliphatic heterocycles. The highest BCUT2D eigenvalue weighted by Crippen LogP contribution is 2.52. The number of rotatable bonds is 5. The molecular weight excluding hydrogens is 505 g/mol. The highest BCUT2D eigenvalue weighted by Gasteiger charge is 2.59. The number of amides is 1. The number of nitrogens with zero attached hydrogens (tertiary/aromatic N) is 1. The van der Waals surface area contributed by atoms with Crippen LogP contribution in [0.5, 0.6) is 11.5 Å². The number of halogens is 2. The molecule has 5 rings (SSSR count). The predicted octanol–water partition coefficient (Wildman–Crippen LogP) is 6.19. The molecule has 0 aliphatic carbocycles. The lowest BCUT2D eigenvalue weighted by molar-refractivity contribution is -0.130. The van der Waals surface area contributed by atoms with Gasteiger partial charge in [-0.25, -0.2) is 0 Å². The maximum absolute atomic E-state index is 13.9. The van der Waals surface area contributed by atoms with Crippen LogP contribution in [0.1, 0.15) is 25.5 Å². The van der Waals surface area contributed by atoms with Gasteiger partial charge in [-0.05, 0) is 74.6 Å². The second kappa shape index (κ2) is 9.22. The van der Waals surface area contributed by atoms with Crippen molar-refractivity contribution in [2.75, 3.05) is 16.8 Å². The molecular formula is C26H23Cl2N3O3S. The standard InChI is InChI=1S/C26H23Cl2N3O3S/c1-3-33-20-9-5-8-19-22-21(24(32)29-17-12-10-15(27)11-13-17)26(2,34-23(19)20)31(25(35)30-22)18-7-4-6-16(28)14-18/h4-14,21-22H,3H2,1-2H3,(H,29,32)(H,30,35). The summed E-state index contributed by atoms with van der Waals surface area (Å²) in [6.07, 6.45) is 0. The number of para-hydroxylation sites is 1. The molecule has 2 bridgehead atoms. The van der Waals surface area contributed by atoms with Crippen molar-refractivity contribution < 1.29 is 14.3 Å². The minimum absolute atomic E-state index is 0.227. The molecule has 1 saturated heterocycles. The van der Waals surface area contributed by atoms with E-state index >= 15 is 0 Å². The summed E-state index contributed by atoms with van der Waals surface area (Å²) < 4.78 is 12.6. The lowest BCUT2D eigenvalue weighted by atomic mass is 9.78. The normalized spacial score (nSPS) is 22.5. The van der Waals surface area contributed by atoms with Gasteiger partial charge in [-0.2, -0.15) is 0 Å². The van der Waals surface area contributed by atoms with E-state index in [1.807, 2.05) is 49.1 Å². The van der Waals surface area contributed by atoms with Crippen molar-refractivity contribution in [3.05, 3.63) is 82.3 Å². The highest BCUT2D eigenvalue weighted by molar-refractivity contribution is 7.80. The number of hydrogen-bond acceptors (Lipinski definition) is 4. The van der Waals surface area contributed by atoms with Gasteiger partial charge >= 0.3 is 0 Å². The smallest absolute Gasteiger partial charge is 0.236 e. The largest absolute Gasteiger partial charge is 0.490 e. The SMILES string of the molecule is CCOc1cccc2c1OC1(C)C(C(=O)Nc3ccc(Cl)cc3)C2NC(=S)N1c1cccc(Cl)c1. The van der Waals surface area contributed by atoms with Gasteiger partial charge in [-0.15, -0.1) is 0 Å². The van der Waals surface area contributed by atoms with Crippen molar-refractivity contribution in [2.45, 2.75) is 25.6 Å². The van der Waals surface area contributed by atoms with Gasteiger partial charge in [0.2, 0.25) is 5.91 Å². The molecule has 6 nitrogen and oxygen atoms in total. The Morgan fingerprint density at radius 2 is 1.89 bits per heavy atom. The van der Waals surface area contributed by atoms with Crippen LogP contribution in [0.3, 0.4) is 0 Å². The quantitative estimate of drug-likeness (QED) is 0.385. The molecule has 3 aromatic carbocycles. The van der Waals surface area contributed by atoms with Crippen LogP contribution in [0.2, 0.25) is 10.0 Å². The Morgan fingerprint density at radius 3 is 2.60 bits per heavy atom. The number of ether oxygens (including phenoxy) is 2. The summed E-state index contributed by atoms with van der Waals surface area (Å²) in [4.78, 5) is 15.7. The summed E-state index contributed by atoms with van der Waals surface area (Å²) in [5.74, 6) is 0.278. The molecule has 3 unspecified atom stereocenters. The van der Waals surface area contributed by atoms with Crippen LogP contribution in [0.4, 0.5) is 11.4 Å². The Morgan fingerprint density at radius 1 is 1.14 bits per heavy atom. The molecule has 1 amide bonds. The molecule has 180 valence electrons. The van der Waals surface area contributed by atoms with E-state index in [9.17, 15) is 4.79 Å². The molecule has 9 heteroatoms. The molecule has 2 N–H and O–H groups in total. The molecule has 1 fully saturated rings. The van der Waals surface area contributed by atoms with Crippen LogP contribution in [-0.2, 0) is 4.79 Å². The number of anilines is 2. The minimum Gasteiger partial charge on any atom is -0.490 e. The molecule has 2 heterocycles. The van der Waals surface area contributed by atoms with Crippen molar-refractivity contribution in [3.8, 4) is 11.5 Å². The van der Waals surface area contributed by atoms with E-state index in [2.05, 4.69) is 10.6 Å². The summed E-state index contributed by atoms with van der Waals surface area (Å²) in [6.45, 7) is 4.26. The maximum Gasteiger partial charge on any atom is 0.236 e. The van der Waals surface area contributed by atoms with Gasteiger partial charge in [0.15, 0.2) is 22.3 Å². The summed E-state index contributed by atoms with van der Waals surface area (Å²) in [6, 6.07) is 19.5. The molecule has 0 spiro atoms. The van der Waals surface area contributed by atoms with Crippen molar-refractivity contribution in [3.63, 3.8) is 0 Å². The van der Waals surface area contributed by atoms with Gasteiger partial charge in [0, 0.05) is 27.0 Å². The molecule has 0 aromatic heterocycles. The second-order valence-electron chi connectivity index (χ2n) is 8.48. The summed E-state index contributed by atoms with van der Waals surface area (Å²) in [7, 11) is 0. The third kappa shape index (κ3) is 4.18. The van der Waals surface area contributed by atoms with E-state index in [4.69, 9.17) is 44.9 Å². The van der Waals surface area contributed by atoms with Crippen LogP contribution in [-0.4, -0.2) is 23.4 Å². The number of fused-ring (bicyclic) bond motifs is 4. The van der Waals surface area contributed by atoms with E-state index in [1.54, 1.807) is 36.4 Å². The summed E-state index contributed by atoms with van der Waals surface area (Å²) in [5.41, 5.74) is 0.955. The van der Waals surface area contributed by atoms with Crippen LogP contribution < -0.4 is 25.0 Å². The fourth-order valence-corrected chi connectivity index (χ4v) is 5.52. The zero-order valence-electron chi connectivity index (χ0n) is 19.0. The number of carbonyl (C=O) groups is 1. The fraction of sp³-hybridized carbons (Fsp3) is 0.231. The minimum atomic E-state index is -1.19. The van der Waals surface area contributed by atoms with Crippen LogP contribution >= 0.6 is 35.4 Å². The first kappa shape index (κ1) is 23.7. The van der Waals surface area contributed by atoms with E-state index in [1.165, 1.54) is 0 Å². The Labute approximate surface area is 219 Å². The molecule has 0 radical (unpaired) electrons. The zero-order chi connectivity index (χ0) is 24.7. The summed E-state index contributed by atoms with van der Waals surface area (Å²) in [5, 5.41) is 7.97. The van der Waals surface area contributed by atoms with Crippen LogP contribution in [0, 0.1) is 5.92 Å². The number of thiocarbonyl (C=S) groups is 1. The Hall–Kier alpha value is -3.00. The highest BCUT2D eigenvalue weighted by atomic mass is 35.5.